The Labute approximate surface area is 53.6 Å². The van der Waals surface area contributed by atoms with E-state index in [1.807, 2.05) is 0 Å². The average Bonchev–Trinajstić information content (AvgIpc) is 1.77. The quantitative estimate of drug-likeness (QED) is 0.472. The molecule has 0 spiro atoms. The number of ether oxygens (including phenoxy) is 1. The fraction of sp³-hybridized carbons (Fsp3) is 0.833. The molecular weight excluding hydrogens is 120 g/mol. The fourth-order valence-electron chi connectivity index (χ4n) is 0.839. The zero-order valence-corrected chi connectivity index (χ0v) is 5.39. The van der Waals surface area contributed by atoms with Gasteiger partial charge in [-0.05, 0) is 19.8 Å². The van der Waals surface area contributed by atoms with Crippen LogP contribution in [0.3, 0.4) is 0 Å². The van der Waals surface area contributed by atoms with Crippen LogP contribution >= 0.6 is 0 Å². The standard InChI is InChI=1S/C6H10O3/c1-6(8)3-2-4-9-5(6)7/h8H,2-4H2,1H3. The van der Waals surface area contributed by atoms with E-state index in [0.717, 1.165) is 6.42 Å². The molecule has 0 aromatic carbocycles. The van der Waals surface area contributed by atoms with Gasteiger partial charge in [-0.1, -0.05) is 0 Å². The van der Waals surface area contributed by atoms with Gasteiger partial charge in [-0.15, -0.1) is 0 Å². The highest BCUT2D eigenvalue weighted by molar-refractivity contribution is 5.79. The second kappa shape index (κ2) is 1.99. The highest BCUT2D eigenvalue weighted by Gasteiger charge is 2.34. The Balaban J connectivity index is 2.60. The summed E-state index contributed by atoms with van der Waals surface area (Å²) in [4.78, 5) is 10.6. The SMILES string of the molecule is CC1(O)CCCOC1=O. The molecule has 1 N–H and O–H groups in total. The number of rotatable bonds is 0. The largest absolute Gasteiger partial charge is 0.464 e. The number of aliphatic hydroxyl groups is 1. The maximum Gasteiger partial charge on any atom is 0.337 e. The van der Waals surface area contributed by atoms with E-state index in [1.54, 1.807) is 0 Å². The van der Waals surface area contributed by atoms with Crippen molar-refractivity contribution in [2.75, 3.05) is 6.61 Å². The normalized spacial score (nSPS) is 36.0. The molecule has 1 aliphatic rings. The number of hydrogen-bond donors (Lipinski definition) is 1. The minimum atomic E-state index is -1.22. The first-order chi connectivity index (χ1) is 4.13. The summed E-state index contributed by atoms with van der Waals surface area (Å²) >= 11 is 0. The van der Waals surface area contributed by atoms with Crippen LogP contribution in [-0.4, -0.2) is 23.3 Å². The molecule has 1 heterocycles. The van der Waals surface area contributed by atoms with Gasteiger partial charge in [0.1, 0.15) is 0 Å². The Morgan fingerprint density at radius 3 is 2.78 bits per heavy atom. The summed E-state index contributed by atoms with van der Waals surface area (Å²) in [5.74, 6) is -0.492. The molecule has 1 fully saturated rings. The highest BCUT2D eigenvalue weighted by Crippen LogP contribution is 2.18. The van der Waals surface area contributed by atoms with Crippen molar-refractivity contribution in [1.82, 2.24) is 0 Å². The summed E-state index contributed by atoms with van der Waals surface area (Å²) in [6.45, 7) is 1.93. The summed E-state index contributed by atoms with van der Waals surface area (Å²) in [7, 11) is 0. The Hall–Kier alpha value is -0.570. The van der Waals surface area contributed by atoms with E-state index in [1.165, 1.54) is 6.92 Å². The summed E-state index contributed by atoms with van der Waals surface area (Å²) < 4.78 is 4.60. The molecule has 1 unspecified atom stereocenters. The van der Waals surface area contributed by atoms with E-state index >= 15 is 0 Å². The molecule has 0 amide bonds. The van der Waals surface area contributed by atoms with Crippen molar-refractivity contribution in [2.24, 2.45) is 0 Å². The number of carbonyl (C=O) groups excluding carboxylic acids is 1. The zero-order chi connectivity index (χ0) is 6.91. The van der Waals surface area contributed by atoms with Gasteiger partial charge < -0.3 is 9.84 Å². The van der Waals surface area contributed by atoms with Crippen LogP contribution in [0.25, 0.3) is 0 Å². The molecule has 9 heavy (non-hydrogen) atoms. The van der Waals surface area contributed by atoms with Gasteiger partial charge in [0, 0.05) is 0 Å². The Morgan fingerprint density at radius 1 is 1.78 bits per heavy atom. The van der Waals surface area contributed by atoms with E-state index in [4.69, 9.17) is 5.11 Å². The van der Waals surface area contributed by atoms with Gasteiger partial charge in [-0.25, -0.2) is 4.79 Å². The van der Waals surface area contributed by atoms with Crippen LogP contribution in [0.5, 0.6) is 0 Å². The van der Waals surface area contributed by atoms with Gasteiger partial charge in [0.25, 0.3) is 0 Å². The number of cyclic esters (lactones) is 1. The maximum absolute atomic E-state index is 10.6. The maximum atomic E-state index is 10.6. The minimum absolute atomic E-state index is 0.453. The lowest BCUT2D eigenvalue weighted by atomic mass is 9.99. The third-order valence-corrected chi connectivity index (χ3v) is 1.48. The molecule has 0 saturated carbocycles. The second-order valence-electron chi connectivity index (χ2n) is 2.51. The van der Waals surface area contributed by atoms with Crippen LogP contribution in [0.1, 0.15) is 19.8 Å². The van der Waals surface area contributed by atoms with Gasteiger partial charge in [0.05, 0.1) is 6.61 Å². The van der Waals surface area contributed by atoms with Crippen LogP contribution in [0, 0.1) is 0 Å². The van der Waals surface area contributed by atoms with Crippen molar-refractivity contribution in [3.8, 4) is 0 Å². The van der Waals surface area contributed by atoms with E-state index in [2.05, 4.69) is 4.74 Å². The summed E-state index contributed by atoms with van der Waals surface area (Å²) in [6.07, 6.45) is 1.28. The van der Waals surface area contributed by atoms with Gasteiger partial charge in [0.15, 0.2) is 5.60 Å². The summed E-state index contributed by atoms with van der Waals surface area (Å²) in [5, 5.41) is 9.17. The Bertz CT molecular complexity index is 128. The van der Waals surface area contributed by atoms with Gasteiger partial charge in [-0.2, -0.15) is 0 Å². The molecule has 1 rings (SSSR count). The number of esters is 1. The molecular formula is C6H10O3. The molecule has 1 aliphatic heterocycles. The lowest BCUT2D eigenvalue weighted by Crippen LogP contribution is -2.40. The molecule has 0 aliphatic carbocycles. The van der Waals surface area contributed by atoms with Crippen molar-refractivity contribution >= 4 is 5.97 Å². The van der Waals surface area contributed by atoms with Crippen LogP contribution in [-0.2, 0) is 9.53 Å². The highest BCUT2D eigenvalue weighted by atomic mass is 16.6. The molecule has 0 radical (unpaired) electrons. The van der Waals surface area contributed by atoms with Crippen LogP contribution in [0.4, 0.5) is 0 Å². The molecule has 1 saturated heterocycles. The predicted molar refractivity (Wildman–Crippen MR) is 30.8 cm³/mol. The van der Waals surface area contributed by atoms with Gasteiger partial charge in [0.2, 0.25) is 0 Å². The molecule has 52 valence electrons. The second-order valence-corrected chi connectivity index (χ2v) is 2.51. The van der Waals surface area contributed by atoms with Crippen LogP contribution in [0.15, 0.2) is 0 Å². The molecule has 0 aromatic heterocycles. The minimum Gasteiger partial charge on any atom is -0.464 e. The number of hydrogen-bond acceptors (Lipinski definition) is 3. The topological polar surface area (TPSA) is 46.5 Å². The first kappa shape index (κ1) is 6.55. The zero-order valence-electron chi connectivity index (χ0n) is 5.39. The van der Waals surface area contributed by atoms with E-state index in [0.29, 0.717) is 13.0 Å². The third-order valence-electron chi connectivity index (χ3n) is 1.48. The van der Waals surface area contributed by atoms with E-state index in [-0.39, 0.29) is 0 Å². The first-order valence-electron chi connectivity index (χ1n) is 3.02. The Kier molecular flexibility index (Phi) is 1.45. The van der Waals surface area contributed by atoms with E-state index < -0.39 is 11.6 Å². The lowest BCUT2D eigenvalue weighted by molar-refractivity contribution is -0.171. The smallest absolute Gasteiger partial charge is 0.337 e. The van der Waals surface area contributed by atoms with Crippen molar-refractivity contribution in [3.05, 3.63) is 0 Å². The molecule has 3 nitrogen and oxygen atoms in total. The Morgan fingerprint density at radius 2 is 2.44 bits per heavy atom. The van der Waals surface area contributed by atoms with Gasteiger partial charge >= 0.3 is 5.97 Å². The lowest BCUT2D eigenvalue weighted by Gasteiger charge is -2.25. The molecule has 3 heteroatoms. The average molecular weight is 130 g/mol. The van der Waals surface area contributed by atoms with Crippen LogP contribution in [0.2, 0.25) is 0 Å². The van der Waals surface area contributed by atoms with Crippen molar-refractivity contribution < 1.29 is 14.6 Å². The summed E-state index contributed by atoms with van der Waals surface area (Å²) in [6, 6.07) is 0. The first-order valence-corrected chi connectivity index (χ1v) is 3.02. The van der Waals surface area contributed by atoms with Crippen molar-refractivity contribution in [2.45, 2.75) is 25.4 Å². The van der Waals surface area contributed by atoms with Crippen molar-refractivity contribution in [3.63, 3.8) is 0 Å². The number of carbonyl (C=O) groups is 1. The monoisotopic (exact) mass is 130 g/mol. The van der Waals surface area contributed by atoms with Crippen molar-refractivity contribution in [1.29, 1.82) is 0 Å². The molecule has 0 aromatic rings. The molecule has 1 atom stereocenters. The van der Waals surface area contributed by atoms with E-state index in [9.17, 15) is 4.79 Å². The molecule has 0 bridgehead atoms. The fourth-order valence-corrected chi connectivity index (χ4v) is 0.839. The third kappa shape index (κ3) is 1.21. The summed E-state index contributed by atoms with van der Waals surface area (Å²) in [5.41, 5.74) is -1.22. The predicted octanol–water partition coefficient (Wildman–Crippen LogP) is 0.0744. The van der Waals surface area contributed by atoms with Gasteiger partial charge in [-0.3, -0.25) is 0 Å². The van der Waals surface area contributed by atoms with Crippen LogP contribution < -0.4 is 0 Å².